The zero-order chi connectivity index (χ0) is 29.0. The number of piperidine rings is 1. The van der Waals surface area contributed by atoms with E-state index in [0.717, 1.165) is 63.3 Å². The summed E-state index contributed by atoms with van der Waals surface area (Å²) in [4.78, 5) is 41.5. The smallest absolute Gasteiger partial charge is 0.329 e. The highest BCUT2D eigenvalue weighted by Crippen LogP contribution is 2.24. The van der Waals surface area contributed by atoms with Crippen LogP contribution in [0.3, 0.4) is 0 Å². The number of nitrogens with one attached hydrogen (secondary N) is 1. The number of amides is 2. The molecule has 1 N–H and O–H groups in total. The number of imide groups is 1. The summed E-state index contributed by atoms with van der Waals surface area (Å²) in [7, 11) is 3.86. The van der Waals surface area contributed by atoms with Crippen LogP contribution >= 0.6 is 0 Å². The summed E-state index contributed by atoms with van der Waals surface area (Å²) in [5.41, 5.74) is 2.30. The van der Waals surface area contributed by atoms with Crippen molar-refractivity contribution < 1.29 is 28.5 Å². The van der Waals surface area contributed by atoms with Crippen LogP contribution in [-0.2, 0) is 42.0 Å². The number of piperazine rings is 1. The molecule has 4 rings (SSSR count). The van der Waals surface area contributed by atoms with Crippen molar-refractivity contribution in [1.82, 2.24) is 24.3 Å². The molecule has 2 aliphatic heterocycles. The maximum atomic E-state index is 12.9. The monoisotopic (exact) mass is 575 g/mol. The molecule has 1 aromatic carbocycles. The van der Waals surface area contributed by atoms with Gasteiger partial charge in [0.25, 0.3) is 0 Å². The van der Waals surface area contributed by atoms with Crippen LogP contribution in [0.5, 0.6) is 0 Å². The molecule has 0 spiro atoms. The molecule has 3 heterocycles. The summed E-state index contributed by atoms with van der Waals surface area (Å²) < 4.78 is 25.5. The number of aromatic nitrogens is 2. The summed E-state index contributed by atoms with van der Waals surface area (Å²) >= 11 is 0. The molecule has 41 heavy (non-hydrogen) atoms. The fourth-order valence-electron chi connectivity index (χ4n) is 5.20. The second-order valence-electron chi connectivity index (χ2n) is 10.7. The third-order valence-electron chi connectivity index (χ3n) is 7.69. The molecule has 1 aromatic heterocycles. The lowest BCUT2D eigenvalue weighted by molar-refractivity contribution is -0.135. The van der Waals surface area contributed by atoms with Gasteiger partial charge in [-0.1, -0.05) is 6.07 Å². The van der Waals surface area contributed by atoms with Crippen LogP contribution < -0.4 is 11.0 Å². The average Bonchev–Trinajstić information content (AvgIpc) is 3.21. The molecule has 12 heteroatoms. The van der Waals surface area contributed by atoms with Gasteiger partial charge in [0.15, 0.2) is 0 Å². The molecule has 0 saturated carbocycles. The number of ether oxygens (including phenoxy) is 4. The van der Waals surface area contributed by atoms with Gasteiger partial charge in [-0.05, 0) is 44.0 Å². The molecule has 228 valence electrons. The summed E-state index contributed by atoms with van der Waals surface area (Å²) in [6.07, 6.45) is 2.19. The Bertz CT molecular complexity index is 1190. The van der Waals surface area contributed by atoms with Crippen LogP contribution in [0.15, 0.2) is 23.0 Å². The number of benzene rings is 1. The van der Waals surface area contributed by atoms with Crippen LogP contribution in [0, 0.1) is 0 Å². The lowest BCUT2D eigenvalue weighted by Crippen LogP contribution is -2.45. The molecular weight excluding hydrogens is 530 g/mol. The number of likely N-dealkylation sites (N-methyl/N-ethyl adjacent to an activating group) is 1. The van der Waals surface area contributed by atoms with Crippen molar-refractivity contribution in [3.63, 3.8) is 0 Å². The van der Waals surface area contributed by atoms with Gasteiger partial charge in [0, 0.05) is 52.8 Å². The highest BCUT2D eigenvalue weighted by molar-refractivity contribution is 6.00. The standard InChI is InChI=1S/C29H45N5O7/c1-31-9-11-33(12-10-31)13-15-39-17-19-41-21-20-40-18-16-38-14-3-4-23-5-6-24-26(22-23)32(2)29(37)34(24)25-7-8-27(35)30-28(25)36/h5-6,22,25H,3-4,7-21H2,1-2H3,(H,30,35,36)/t25-/m0/s1. The first kappa shape index (κ1) is 31.3. The number of hydrogen-bond donors (Lipinski definition) is 1. The molecule has 2 amide bonds. The Kier molecular flexibility index (Phi) is 12.3. The minimum absolute atomic E-state index is 0.226. The van der Waals surface area contributed by atoms with E-state index in [1.54, 1.807) is 11.6 Å². The molecule has 0 unspecified atom stereocenters. The van der Waals surface area contributed by atoms with E-state index in [1.165, 1.54) is 4.57 Å². The van der Waals surface area contributed by atoms with Gasteiger partial charge in [0.1, 0.15) is 6.04 Å². The lowest BCUT2D eigenvalue weighted by Gasteiger charge is -2.32. The van der Waals surface area contributed by atoms with Gasteiger partial charge in [0.05, 0.1) is 57.3 Å². The fourth-order valence-corrected chi connectivity index (χ4v) is 5.20. The summed E-state index contributed by atoms with van der Waals surface area (Å²) in [6, 6.07) is 5.17. The van der Waals surface area contributed by atoms with Gasteiger partial charge in [-0.15, -0.1) is 0 Å². The van der Waals surface area contributed by atoms with Crippen molar-refractivity contribution in [2.75, 3.05) is 92.6 Å². The van der Waals surface area contributed by atoms with Gasteiger partial charge >= 0.3 is 5.69 Å². The minimum Gasteiger partial charge on any atom is -0.379 e. The summed E-state index contributed by atoms with van der Waals surface area (Å²) in [6.45, 7) is 10.1. The summed E-state index contributed by atoms with van der Waals surface area (Å²) in [5.74, 6) is -0.723. The maximum absolute atomic E-state index is 12.9. The third kappa shape index (κ3) is 9.19. The number of nitrogens with zero attached hydrogens (tertiary/aromatic N) is 4. The van der Waals surface area contributed by atoms with Crippen molar-refractivity contribution in [2.45, 2.75) is 31.7 Å². The van der Waals surface area contributed by atoms with Crippen LogP contribution in [0.2, 0.25) is 0 Å². The molecule has 0 aliphatic carbocycles. The van der Waals surface area contributed by atoms with Gasteiger partial charge in [-0.2, -0.15) is 0 Å². The van der Waals surface area contributed by atoms with Gasteiger partial charge in [-0.3, -0.25) is 28.9 Å². The number of carbonyl (C=O) groups excluding carboxylic acids is 2. The van der Waals surface area contributed by atoms with Crippen LogP contribution in [0.4, 0.5) is 0 Å². The van der Waals surface area contributed by atoms with Gasteiger partial charge < -0.3 is 23.8 Å². The van der Waals surface area contributed by atoms with E-state index < -0.39 is 11.9 Å². The molecular formula is C29H45N5O7. The van der Waals surface area contributed by atoms with Crippen LogP contribution in [-0.4, -0.2) is 123 Å². The number of aryl methyl sites for hydroxylation is 2. The van der Waals surface area contributed by atoms with E-state index >= 15 is 0 Å². The third-order valence-corrected chi connectivity index (χ3v) is 7.69. The predicted octanol–water partition coefficient (Wildman–Crippen LogP) is 0.564. The zero-order valence-corrected chi connectivity index (χ0v) is 24.5. The molecule has 2 aliphatic rings. The highest BCUT2D eigenvalue weighted by Gasteiger charge is 2.31. The van der Waals surface area contributed by atoms with Crippen molar-refractivity contribution in [2.24, 2.45) is 7.05 Å². The van der Waals surface area contributed by atoms with Crippen molar-refractivity contribution in [3.8, 4) is 0 Å². The zero-order valence-electron chi connectivity index (χ0n) is 24.5. The van der Waals surface area contributed by atoms with Crippen molar-refractivity contribution >= 4 is 22.8 Å². The Morgan fingerprint density at radius 2 is 1.44 bits per heavy atom. The Labute approximate surface area is 241 Å². The summed E-state index contributed by atoms with van der Waals surface area (Å²) in [5, 5.41) is 2.34. The minimum atomic E-state index is -0.673. The molecule has 12 nitrogen and oxygen atoms in total. The van der Waals surface area contributed by atoms with E-state index in [-0.39, 0.29) is 18.0 Å². The largest absolute Gasteiger partial charge is 0.379 e. The molecule has 2 saturated heterocycles. The number of imidazole rings is 1. The van der Waals surface area contributed by atoms with E-state index in [4.69, 9.17) is 18.9 Å². The quantitative estimate of drug-likeness (QED) is 0.213. The van der Waals surface area contributed by atoms with E-state index in [2.05, 4.69) is 22.2 Å². The first-order valence-electron chi connectivity index (χ1n) is 14.7. The van der Waals surface area contributed by atoms with Gasteiger partial charge in [-0.25, -0.2) is 4.79 Å². The van der Waals surface area contributed by atoms with E-state index in [9.17, 15) is 14.4 Å². The molecule has 2 fully saturated rings. The topological polar surface area (TPSA) is 116 Å². The number of fused-ring (bicyclic) bond motifs is 1. The fraction of sp³-hybridized carbons (Fsp3) is 0.690. The first-order valence-corrected chi connectivity index (χ1v) is 14.7. The number of rotatable bonds is 17. The maximum Gasteiger partial charge on any atom is 0.329 e. The van der Waals surface area contributed by atoms with Gasteiger partial charge in [0.2, 0.25) is 11.8 Å². The van der Waals surface area contributed by atoms with E-state index in [1.807, 2.05) is 18.2 Å². The predicted molar refractivity (Wildman–Crippen MR) is 154 cm³/mol. The first-order chi connectivity index (χ1) is 19.9. The van der Waals surface area contributed by atoms with Crippen molar-refractivity contribution in [1.29, 1.82) is 0 Å². The average molecular weight is 576 g/mol. The number of carbonyl (C=O) groups is 2. The Hall–Kier alpha value is -2.61. The van der Waals surface area contributed by atoms with Crippen molar-refractivity contribution in [3.05, 3.63) is 34.2 Å². The second kappa shape index (κ2) is 16.1. The molecule has 0 radical (unpaired) electrons. The second-order valence-corrected chi connectivity index (χ2v) is 10.7. The SMILES string of the molecule is CN1CCN(CCOCCOCCOCCOCCCc2ccc3c(c2)n(C)c(=O)n3[C@H]2CCC(=O)NC2=O)CC1. The normalized spacial score (nSPS) is 18.8. The lowest BCUT2D eigenvalue weighted by atomic mass is 10.1. The number of hydrogen-bond acceptors (Lipinski definition) is 9. The van der Waals surface area contributed by atoms with Crippen LogP contribution in [0.1, 0.15) is 30.9 Å². The molecule has 0 bridgehead atoms. The van der Waals surface area contributed by atoms with E-state index in [0.29, 0.717) is 58.2 Å². The Morgan fingerprint density at radius 1 is 0.805 bits per heavy atom. The molecule has 2 aromatic rings. The molecule has 1 atom stereocenters. The highest BCUT2D eigenvalue weighted by atomic mass is 16.6. The Balaban J connectivity index is 1.02. The van der Waals surface area contributed by atoms with Crippen LogP contribution in [0.25, 0.3) is 11.0 Å². The Morgan fingerprint density at radius 3 is 2.10 bits per heavy atom.